The number of esters is 1. The molecule has 0 aliphatic heterocycles. The minimum atomic E-state index is -0.525. The fourth-order valence-corrected chi connectivity index (χ4v) is 2.07. The van der Waals surface area contributed by atoms with Gasteiger partial charge in [-0.3, -0.25) is 4.79 Å². The zero-order valence-electron chi connectivity index (χ0n) is 15.4. The van der Waals surface area contributed by atoms with Crippen molar-refractivity contribution in [2.75, 3.05) is 14.2 Å². The number of hydrogen-bond donors (Lipinski definition) is 1. The lowest BCUT2D eigenvalue weighted by Gasteiger charge is -2.25. The Balaban J connectivity index is 2.72. The summed E-state index contributed by atoms with van der Waals surface area (Å²) in [6.45, 7) is 8.20. The molecule has 0 heterocycles. The van der Waals surface area contributed by atoms with E-state index in [2.05, 4.69) is 5.32 Å². The van der Waals surface area contributed by atoms with Gasteiger partial charge in [-0.1, -0.05) is 24.3 Å². The van der Waals surface area contributed by atoms with E-state index in [1.54, 1.807) is 14.0 Å². The highest BCUT2D eigenvalue weighted by Gasteiger charge is 2.20. The second kappa shape index (κ2) is 8.68. The number of ether oxygens (including phenoxy) is 2. The fourth-order valence-electron chi connectivity index (χ4n) is 2.07. The number of hydrogen-bond acceptors (Lipinski definition) is 5. The minimum Gasteiger partial charge on any atom is -0.468 e. The van der Waals surface area contributed by atoms with Crippen LogP contribution in [0.2, 0.25) is 0 Å². The highest BCUT2D eigenvalue weighted by Crippen LogP contribution is 2.14. The molecule has 0 unspecified atom stereocenters. The van der Waals surface area contributed by atoms with E-state index in [0.717, 1.165) is 11.1 Å². The van der Waals surface area contributed by atoms with Gasteiger partial charge in [0.15, 0.2) is 0 Å². The molecule has 1 amide bonds. The Bertz CT molecular complexity index is 566. The predicted octanol–water partition coefficient (Wildman–Crippen LogP) is 2.70. The maximum absolute atomic E-state index is 12.1. The fraction of sp³-hybridized carbons (Fsp3) is 0.556. The van der Waals surface area contributed by atoms with E-state index in [1.807, 2.05) is 45.0 Å². The second-order valence-corrected chi connectivity index (χ2v) is 6.73. The van der Waals surface area contributed by atoms with Crippen LogP contribution in [0.5, 0.6) is 0 Å². The average Bonchev–Trinajstić information content (AvgIpc) is 2.51. The van der Waals surface area contributed by atoms with Crippen molar-refractivity contribution < 1.29 is 19.1 Å². The van der Waals surface area contributed by atoms with Crippen molar-refractivity contribution in [2.45, 2.75) is 52.4 Å². The third-order valence-corrected chi connectivity index (χ3v) is 3.38. The summed E-state index contributed by atoms with van der Waals surface area (Å²) >= 11 is 0. The standard InChI is InChI=1S/C18H28N2O4/c1-13(16(21)23-6)19-11-14-9-7-8-10-15(14)12-20(5)17(22)24-18(2,3)4/h7-10,13,19H,11-12H2,1-6H3/t13-/m1/s1. The van der Waals surface area contributed by atoms with E-state index < -0.39 is 11.6 Å². The quantitative estimate of drug-likeness (QED) is 0.809. The van der Waals surface area contributed by atoms with Crippen molar-refractivity contribution in [3.8, 4) is 0 Å². The smallest absolute Gasteiger partial charge is 0.410 e. The number of carbonyl (C=O) groups is 2. The van der Waals surface area contributed by atoms with E-state index >= 15 is 0 Å². The Kier molecular flexibility index (Phi) is 7.22. The van der Waals surface area contributed by atoms with Gasteiger partial charge in [0, 0.05) is 20.1 Å². The molecule has 6 heteroatoms. The van der Waals surface area contributed by atoms with E-state index in [4.69, 9.17) is 9.47 Å². The van der Waals surface area contributed by atoms with Crippen molar-refractivity contribution in [1.82, 2.24) is 10.2 Å². The molecular formula is C18H28N2O4. The molecule has 0 fully saturated rings. The summed E-state index contributed by atoms with van der Waals surface area (Å²) in [6.07, 6.45) is -0.367. The lowest BCUT2D eigenvalue weighted by atomic mass is 10.1. The molecule has 1 aromatic rings. The Morgan fingerprint density at radius 1 is 1.21 bits per heavy atom. The van der Waals surface area contributed by atoms with Gasteiger partial charge in [-0.2, -0.15) is 0 Å². The zero-order chi connectivity index (χ0) is 18.3. The molecule has 0 aromatic heterocycles. The van der Waals surface area contributed by atoms with Crippen LogP contribution in [-0.2, 0) is 27.4 Å². The summed E-state index contributed by atoms with van der Waals surface area (Å²) < 4.78 is 10.1. The number of nitrogens with zero attached hydrogens (tertiary/aromatic N) is 1. The molecule has 1 N–H and O–H groups in total. The summed E-state index contributed by atoms with van der Waals surface area (Å²) in [5.74, 6) is -0.307. The summed E-state index contributed by atoms with van der Waals surface area (Å²) in [5, 5.41) is 3.12. The molecule has 24 heavy (non-hydrogen) atoms. The Morgan fingerprint density at radius 2 is 1.79 bits per heavy atom. The second-order valence-electron chi connectivity index (χ2n) is 6.73. The number of carbonyl (C=O) groups excluding carboxylic acids is 2. The number of nitrogens with one attached hydrogen (secondary N) is 1. The molecule has 6 nitrogen and oxygen atoms in total. The van der Waals surface area contributed by atoms with E-state index in [1.165, 1.54) is 12.0 Å². The first-order valence-electron chi connectivity index (χ1n) is 7.96. The minimum absolute atomic E-state index is 0.307. The van der Waals surface area contributed by atoms with Gasteiger partial charge in [0.1, 0.15) is 11.6 Å². The van der Waals surface area contributed by atoms with Gasteiger partial charge in [-0.15, -0.1) is 0 Å². The molecule has 0 bridgehead atoms. The van der Waals surface area contributed by atoms with Crippen LogP contribution in [0.4, 0.5) is 4.79 Å². The summed E-state index contributed by atoms with van der Waals surface area (Å²) in [4.78, 5) is 25.1. The van der Waals surface area contributed by atoms with E-state index in [0.29, 0.717) is 13.1 Å². The van der Waals surface area contributed by atoms with Crippen molar-refractivity contribution in [3.05, 3.63) is 35.4 Å². The monoisotopic (exact) mass is 336 g/mol. The van der Waals surface area contributed by atoms with Crippen molar-refractivity contribution in [3.63, 3.8) is 0 Å². The molecule has 0 spiro atoms. The van der Waals surface area contributed by atoms with Gasteiger partial charge in [-0.05, 0) is 38.8 Å². The maximum Gasteiger partial charge on any atom is 0.410 e. The molecule has 1 aromatic carbocycles. The van der Waals surface area contributed by atoms with Crippen molar-refractivity contribution >= 4 is 12.1 Å². The molecule has 0 saturated heterocycles. The van der Waals surface area contributed by atoms with Crippen molar-refractivity contribution in [2.24, 2.45) is 0 Å². The number of benzene rings is 1. The molecule has 0 aliphatic rings. The highest BCUT2D eigenvalue weighted by molar-refractivity contribution is 5.75. The van der Waals surface area contributed by atoms with E-state index in [-0.39, 0.29) is 12.1 Å². The van der Waals surface area contributed by atoms with Crippen LogP contribution in [0.25, 0.3) is 0 Å². The Labute approximate surface area is 144 Å². The Hall–Kier alpha value is -2.08. The van der Waals surface area contributed by atoms with Crippen LogP contribution in [0.1, 0.15) is 38.8 Å². The number of rotatable bonds is 6. The molecular weight excluding hydrogens is 308 g/mol. The number of amides is 1. The van der Waals surface area contributed by atoms with Gasteiger partial charge in [-0.25, -0.2) is 4.79 Å². The third kappa shape index (κ3) is 6.58. The molecule has 1 rings (SSSR count). The van der Waals surface area contributed by atoms with Gasteiger partial charge in [0.2, 0.25) is 0 Å². The predicted molar refractivity (Wildman–Crippen MR) is 92.5 cm³/mol. The topological polar surface area (TPSA) is 67.9 Å². The van der Waals surface area contributed by atoms with Gasteiger partial charge in [0.25, 0.3) is 0 Å². The molecule has 1 atom stereocenters. The molecule has 134 valence electrons. The summed E-state index contributed by atoms with van der Waals surface area (Å²) in [5.41, 5.74) is 1.49. The average molecular weight is 336 g/mol. The van der Waals surface area contributed by atoms with Gasteiger partial charge >= 0.3 is 12.1 Å². The zero-order valence-corrected chi connectivity index (χ0v) is 15.4. The van der Waals surface area contributed by atoms with E-state index in [9.17, 15) is 9.59 Å². The highest BCUT2D eigenvalue weighted by atomic mass is 16.6. The van der Waals surface area contributed by atoms with Crippen LogP contribution in [0.3, 0.4) is 0 Å². The van der Waals surface area contributed by atoms with Crippen LogP contribution in [0.15, 0.2) is 24.3 Å². The maximum atomic E-state index is 12.1. The van der Waals surface area contributed by atoms with Crippen LogP contribution in [0, 0.1) is 0 Å². The lowest BCUT2D eigenvalue weighted by Crippen LogP contribution is -2.35. The normalized spacial score (nSPS) is 12.4. The molecule has 0 saturated carbocycles. The largest absolute Gasteiger partial charge is 0.468 e. The Morgan fingerprint density at radius 3 is 2.33 bits per heavy atom. The van der Waals surface area contributed by atoms with Crippen LogP contribution >= 0.6 is 0 Å². The van der Waals surface area contributed by atoms with Gasteiger partial charge < -0.3 is 19.7 Å². The van der Waals surface area contributed by atoms with Crippen LogP contribution < -0.4 is 5.32 Å². The summed E-state index contributed by atoms with van der Waals surface area (Å²) in [7, 11) is 3.07. The third-order valence-electron chi connectivity index (χ3n) is 3.38. The summed E-state index contributed by atoms with van der Waals surface area (Å²) in [6, 6.07) is 7.38. The molecule has 0 radical (unpaired) electrons. The van der Waals surface area contributed by atoms with Crippen LogP contribution in [-0.4, -0.2) is 42.8 Å². The first-order valence-corrected chi connectivity index (χ1v) is 7.96. The first-order chi connectivity index (χ1) is 11.1. The van der Waals surface area contributed by atoms with Crippen molar-refractivity contribution in [1.29, 1.82) is 0 Å². The first kappa shape index (κ1) is 20.0. The van der Waals surface area contributed by atoms with Gasteiger partial charge in [0.05, 0.1) is 7.11 Å². The lowest BCUT2D eigenvalue weighted by molar-refractivity contribution is -0.142. The molecule has 0 aliphatic carbocycles. The number of methoxy groups -OCH3 is 1. The SMILES string of the molecule is COC(=O)[C@@H](C)NCc1ccccc1CN(C)C(=O)OC(C)(C)C.